The number of rotatable bonds is 2. The van der Waals surface area contributed by atoms with Gasteiger partial charge in [0.1, 0.15) is 17.3 Å². The van der Waals surface area contributed by atoms with Crippen LogP contribution in [-0.4, -0.2) is 35.8 Å². The van der Waals surface area contributed by atoms with Gasteiger partial charge in [0.05, 0.1) is 13.2 Å². The smallest absolute Gasteiger partial charge is 0.246 e. The fourth-order valence-corrected chi connectivity index (χ4v) is 2.35. The molecule has 0 bridgehead atoms. The topological polar surface area (TPSA) is 71.5 Å². The van der Waals surface area contributed by atoms with Crippen molar-refractivity contribution in [3.63, 3.8) is 0 Å². The summed E-state index contributed by atoms with van der Waals surface area (Å²) in [5, 5.41) is 12.5. The summed E-state index contributed by atoms with van der Waals surface area (Å²) in [7, 11) is 0. The van der Waals surface area contributed by atoms with Crippen LogP contribution in [0.1, 0.15) is 5.56 Å². The summed E-state index contributed by atoms with van der Waals surface area (Å²) < 4.78 is 5.88. The Morgan fingerprint density at radius 2 is 2.47 bits per heavy atom. The molecule has 5 nitrogen and oxygen atoms in total. The zero-order valence-electron chi connectivity index (χ0n) is 8.74. The number of nitrogens with zero attached hydrogens (tertiary/aromatic N) is 1. The van der Waals surface area contributed by atoms with Gasteiger partial charge in [-0.1, -0.05) is 11.6 Å². The number of hydrogen-bond acceptors (Lipinski definition) is 4. The zero-order chi connectivity index (χ0) is 12.5. The van der Waals surface area contributed by atoms with Crippen molar-refractivity contribution < 1.29 is 14.6 Å². The van der Waals surface area contributed by atoms with E-state index in [-0.39, 0.29) is 30.9 Å². The van der Waals surface area contributed by atoms with E-state index in [2.05, 4.69) is 26.2 Å². The second kappa shape index (κ2) is 4.89. The Bertz CT molecular complexity index is 457. The van der Waals surface area contributed by atoms with Crippen molar-refractivity contribution in [1.29, 1.82) is 0 Å². The molecule has 17 heavy (non-hydrogen) atoms. The predicted molar refractivity (Wildman–Crippen MR) is 64.7 cm³/mol. The van der Waals surface area contributed by atoms with Crippen molar-refractivity contribution in [3.8, 4) is 0 Å². The van der Waals surface area contributed by atoms with Gasteiger partial charge in [-0.25, -0.2) is 4.98 Å². The highest BCUT2D eigenvalue weighted by Crippen LogP contribution is 2.30. The Morgan fingerprint density at radius 1 is 1.71 bits per heavy atom. The molecule has 92 valence electrons. The lowest BCUT2D eigenvalue weighted by molar-refractivity contribution is -0.137. The standard InChI is InChI=1S/C10H10BrClN2O3/c11-6-1-7(9(12)13-2-6)10(4-15)5-17-3-8(16)14-10/h1-2,15H,3-5H2,(H,14,16). The molecule has 2 N–H and O–H groups in total. The first kappa shape index (κ1) is 12.8. The van der Waals surface area contributed by atoms with Crippen LogP contribution >= 0.6 is 27.5 Å². The molecule has 1 unspecified atom stereocenters. The summed E-state index contributed by atoms with van der Waals surface area (Å²) in [4.78, 5) is 15.4. The number of ether oxygens (including phenoxy) is 1. The number of halogens is 2. The molecule has 0 spiro atoms. The van der Waals surface area contributed by atoms with E-state index < -0.39 is 5.54 Å². The first-order valence-corrected chi connectivity index (χ1v) is 6.06. The third-order valence-corrected chi connectivity index (χ3v) is 3.29. The van der Waals surface area contributed by atoms with Crippen LogP contribution < -0.4 is 5.32 Å². The van der Waals surface area contributed by atoms with E-state index in [9.17, 15) is 9.90 Å². The molecule has 2 rings (SSSR count). The van der Waals surface area contributed by atoms with Crippen LogP contribution in [0.15, 0.2) is 16.7 Å². The first-order chi connectivity index (χ1) is 8.07. The van der Waals surface area contributed by atoms with Gasteiger partial charge < -0.3 is 15.2 Å². The molecule has 2 heterocycles. The lowest BCUT2D eigenvalue weighted by atomic mass is 9.92. The number of pyridine rings is 1. The van der Waals surface area contributed by atoms with Crippen LogP contribution in [0.2, 0.25) is 5.15 Å². The maximum absolute atomic E-state index is 11.4. The minimum absolute atomic E-state index is 0.0131. The van der Waals surface area contributed by atoms with Gasteiger partial charge in [0, 0.05) is 16.2 Å². The van der Waals surface area contributed by atoms with Gasteiger partial charge in [-0.05, 0) is 22.0 Å². The van der Waals surface area contributed by atoms with Crippen LogP contribution in [0.5, 0.6) is 0 Å². The van der Waals surface area contributed by atoms with Gasteiger partial charge in [-0.15, -0.1) is 0 Å². The van der Waals surface area contributed by atoms with Crippen LogP contribution in [0.3, 0.4) is 0 Å². The van der Waals surface area contributed by atoms with Gasteiger partial charge in [0.25, 0.3) is 0 Å². The quantitative estimate of drug-likeness (QED) is 0.792. The summed E-state index contributed by atoms with van der Waals surface area (Å²) in [6.45, 7) is -0.162. The number of carbonyl (C=O) groups is 1. The lowest BCUT2D eigenvalue weighted by Crippen LogP contribution is -2.57. The highest BCUT2D eigenvalue weighted by Gasteiger charge is 2.39. The second-order valence-corrected chi connectivity index (χ2v) is 5.05. The molecule has 1 aliphatic rings. The van der Waals surface area contributed by atoms with Gasteiger partial charge in [0.15, 0.2) is 0 Å². The van der Waals surface area contributed by atoms with E-state index in [0.29, 0.717) is 10.0 Å². The van der Waals surface area contributed by atoms with E-state index in [1.165, 1.54) is 0 Å². The number of carbonyl (C=O) groups excluding carboxylic acids is 1. The SMILES string of the molecule is O=C1COCC(CO)(c2cc(Br)cnc2Cl)N1. The minimum Gasteiger partial charge on any atom is -0.393 e. The lowest BCUT2D eigenvalue weighted by Gasteiger charge is -2.36. The maximum Gasteiger partial charge on any atom is 0.246 e. The van der Waals surface area contributed by atoms with Gasteiger partial charge in [-0.3, -0.25) is 4.79 Å². The predicted octanol–water partition coefficient (Wildman–Crippen LogP) is 0.831. The number of hydrogen-bond donors (Lipinski definition) is 2. The number of morpholine rings is 1. The molecule has 0 saturated carbocycles. The van der Waals surface area contributed by atoms with Gasteiger partial charge >= 0.3 is 0 Å². The molecule has 7 heteroatoms. The van der Waals surface area contributed by atoms with E-state index in [4.69, 9.17) is 16.3 Å². The van der Waals surface area contributed by atoms with Crippen molar-refractivity contribution >= 4 is 33.4 Å². The number of aromatic nitrogens is 1. The van der Waals surface area contributed by atoms with Crippen LogP contribution in [0.25, 0.3) is 0 Å². The molecule has 1 aromatic rings. The normalized spacial score (nSPS) is 24.5. The fraction of sp³-hybridized carbons (Fsp3) is 0.400. The highest BCUT2D eigenvalue weighted by atomic mass is 79.9. The van der Waals surface area contributed by atoms with Crippen molar-refractivity contribution in [2.75, 3.05) is 19.8 Å². The zero-order valence-corrected chi connectivity index (χ0v) is 11.1. The van der Waals surface area contributed by atoms with Crippen molar-refractivity contribution in [3.05, 3.63) is 27.5 Å². The van der Waals surface area contributed by atoms with Crippen molar-refractivity contribution in [2.45, 2.75) is 5.54 Å². The monoisotopic (exact) mass is 320 g/mol. The fourth-order valence-electron chi connectivity index (χ4n) is 1.73. The number of nitrogens with one attached hydrogen (secondary N) is 1. The van der Waals surface area contributed by atoms with Crippen LogP contribution in [0.4, 0.5) is 0 Å². The molecule has 0 radical (unpaired) electrons. The average Bonchev–Trinajstić information content (AvgIpc) is 2.32. The average molecular weight is 322 g/mol. The Kier molecular flexibility index (Phi) is 3.67. The molecule has 1 saturated heterocycles. The summed E-state index contributed by atoms with van der Waals surface area (Å²) in [5.41, 5.74) is -0.493. The van der Waals surface area contributed by atoms with E-state index in [1.54, 1.807) is 12.3 Å². The summed E-state index contributed by atoms with van der Waals surface area (Å²) in [6, 6.07) is 1.71. The Morgan fingerprint density at radius 3 is 3.12 bits per heavy atom. The van der Waals surface area contributed by atoms with E-state index >= 15 is 0 Å². The summed E-state index contributed by atoms with van der Waals surface area (Å²) in [5.74, 6) is -0.290. The first-order valence-electron chi connectivity index (χ1n) is 4.88. The molecule has 0 aliphatic carbocycles. The Balaban J connectivity index is 2.46. The van der Waals surface area contributed by atoms with Crippen LogP contribution in [0, 0.1) is 0 Å². The van der Waals surface area contributed by atoms with Gasteiger partial charge in [0.2, 0.25) is 5.91 Å². The minimum atomic E-state index is -1.02. The molecule has 1 amide bonds. The highest BCUT2D eigenvalue weighted by molar-refractivity contribution is 9.10. The molecular weight excluding hydrogens is 311 g/mol. The summed E-state index contributed by atoms with van der Waals surface area (Å²) in [6.07, 6.45) is 1.54. The van der Waals surface area contributed by atoms with Crippen molar-refractivity contribution in [2.24, 2.45) is 0 Å². The number of amides is 1. The Hall–Kier alpha value is -0.690. The number of aliphatic hydroxyl groups excluding tert-OH is 1. The molecule has 1 atom stereocenters. The van der Waals surface area contributed by atoms with Gasteiger partial charge in [-0.2, -0.15) is 0 Å². The Labute approximate surface area is 111 Å². The molecular formula is C10H10BrClN2O3. The molecule has 1 fully saturated rings. The third-order valence-electron chi connectivity index (χ3n) is 2.55. The van der Waals surface area contributed by atoms with E-state index in [1.807, 2.05) is 0 Å². The molecule has 1 aliphatic heterocycles. The van der Waals surface area contributed by atoms with E-state index in [0.717, 1.165) is 0 Å². The number of aliphatic hydroxyl groups is 1. The van der Waals surface area contributed by atoms with Crippen LogP contribution in [-0.2, 0) is 15.1 Å². The third kappa shape index (κ3) is 2.44. The largest absolute Gasteiger partial charge is 0.393 e. The molecule has 0 aromatic carbocycles. The second-order valence-electron chi connectivity index (χ2n) is 3.77. The summed E-state index contributed by atoms with van der Waals surface area (Å²) >= 11 is 9.27. The molecule has 1 aromatic heterocycles. The maximum atomic E-state index is 11.4. The van der Waals surface area contributed by atoms with Crippen molar-refractivity contribution in [1.82, 2.24) is 10.3 Å².